The fourth-order valence-electron chi connectivity index (χ4n) is 2.51. The van der Waals surface area contributed by atoms with Gasteiger partial charge in [0.05, 0.1) is 6.10 Å². The lowest BCUT2D eigenvalue weighted by Gasteiger charge is -2.21. The van der Waals surface area contributed by atoms with Crippen molar-refractivity contribution in [3.63, 3.8) is 0 Å². The first-order chi connectivity index (χ1) is 6.25. The van der Waals surface area contributed by atoms with E-state index in [0.717, 1.165) is 19.4 Å². The van der Waals surface area contributed by atoms with E-state index in [2.05, 4.69) is 17.3 Å². The van der Waals surface area contributed by atoms with Crippen LogP contribution in [-0.2, 0) is 0 Å². The summed E-state index contributed by atoms with van der Waals surface area (Å²) in [7, 11) is 2.16. The number of aliphatic hydroxyl groups excluding tert-OH is 1. The van der Waals surface area contributed by atoms with E-state index in [1.54, 1.807) is 0 Å². The second kappa shape index (κ2) is 3.95. The molecule has 0 radical (unpaired) electrons. The molecule has 1 aliphatic carbocycles. The molecule has 0 bridgehead atoms. The molecule has 2 aliphatic rings. The summed E-state index contributed by atoms with van der Waals surface area (Å²) < 4.78 is 0. The number of likely N-dealkylation sites (tertiary alicyclic amines) is 1. The van der Waals surface area contributed by atoms with E-state index in [4.69, 9.17) is 0 Å². The number of nitrogens with one attached hydrogen (secondary N) is 1. The first-order valence-corrected chi connectivity index (χ1v) is 5.38. The molecule has 1 saturated carbocycles. The molecule has 1 aliphatic heterocycles. The zero-order valence-electron chi connectivity index (χ0n) is 8.37. The monoisotopic (exact) mass is 184 g/mol. The van der Waals surface area contributed by atoms with Gasteiger partial charge >= 0.3 is 0 Å². The Balaban J connectivity index is 1.77. The van der Waals surface area contributed by atoms with E-state index >= 15 is 0 Å². The van der Waals surface area contributed by atoms with Crippen LogP contribution >= 0.6 is 0 Å². The van der Waals surface area contributed by atoms with Gasteiger partial charge in [-0.2, -0.15) is 0 Å². The SMILES string of the molecule is CN1CCC(NC2CCCC2O)C1. The van der Waals surface area contributed by atoms with Crippen LogP contribution in [0.1, 0.15) is 25.7 Å². The van der Waals surface area contributed by atoms with Gasteiger partial charge in [-0.05, 0) is 39.3 Å². The largest absolute Gasteiger partial charge is 0.392 e. The van der Waals surface area contributed by atoms with Gasteiger partial charge in [0.1, 0.15) is 0 Å². The number of hydrogen-bond acceptors (Lipinski definition) is 3. The second-order valence-electron chi connectivity index (χ2n) is 4.52. The van der Waals surface area contributed by atoms with E-state index < -0.39 is 0 Å². The van der Waals surface area contributed by atoms with E-state index in [9.17, 15) is 5.11 Å². The smallest absolute Gasteiger partial charge is 0.0693 e. The van der Waals surface area contributed by atoms with Crippen LogP contribution in [0, 0.1) is 0 Å². The van der Waals surface area contributed by atoms with Gasteiger partial charge in [-0.3, -0.25) is 0 Å². The van der Waals surface area contributed by atoms with Gasteiger partial charge in [-0.1, -0.05) is 0 Å². The minimum absolute atomic E-state index is 0.0918. The molecule has 0 aromatic rings. The number of aliphatic hydroxyl groups is 1. The minimum Gasteiger partial charge on any atom is -0.392 e. The number of rotatable bonds is 2. The minimum atomic E-state index is -0.0918. The lowest BCUT2D eigenvalue weighted by atomic mass is 10.1. The standard InChI is InChI=1S/C10H20N2O/c1-12-6-5-8(7-12)11-9-3-2-4-10(9)13/h8-11,13H,2-7H2,1H3. The Morgan fingerprint density at radius 1 is 1.31 bits per heavy atom. The normalized spacial score (nSPS) is 41.5. The summed E-state index contributed by atoms with van der Waals surface area (Å²) in [5.74, 6) is 0. The van der Waals surface area contributed by atoms with Crippen molar-refractivity contribution >= 4 is 0 Å². The molecule has 0 spiro atoms. The van der Waals surface area contributed by atoms with Crippen LogP contribution in [-0.4, -0.2) is 48.3 Å². The maximum atomic E-state index is 9.64. The van der Waals surface area contributed by atoms with Crippen molar-refractivity contribution in [2.75, 3.05) is 20.1 Å². The predicted molar refractivity (Wildman–Crippen MR) is 52.7 cm³/mol. The maximum absolute atomic E-state index is 9.64. The summed E-state index contributed by atoms with van der Waals surface area (Å²) in [5.41, 5.74) is 0. The number of hydrogen-bond donors (Lipinski definition) is 2. The molecule has 13 heavy (non-hydrogen) atoms. The van der Waals surface area contributed by atoms with Gasteiger partial charge in [0.25, 0.3) is 0 Å². The first-order valence-electron chi connectivity index (χ1n) is 5.38. The number of nitrogens with zero attached hydrogens (tertiary/aromatic N) is 1. The van der Waals surface area contributed by atoms with E-state index in [0.29, 0.717) is 12.1 Å². The average molecular weight is 184 g/mol. The van der Waals surface area contributed by atoms with Crippen LogP contribution in [0.4, 0.5) is 0 Å². The van der Waals surface area contributed by atoms with E-state index in [-0.39, 0.29) is 6.10 Å². The molecule has 3 atom stereocenters. The highest BCUT2D eigenvalue weighted by molar-refractivity contribution is 4.88. The van der Waals surface area contributed by atoms with Crippen molar-refractivity contribution in [2.45, 2.75) is 43.9 Å². The van der Waals surface area contributed by atoms with Crippen molar-refractivity contribution in [1.82, 2.24) is 10.2 Å². The lowest BCUT2D eigenvalue weighted by molar-refractivity contribution is 0.143. The summed E-state index contributed by atoms with van der Waals surface area (Å²) in [6.45, 7) is 2.34. The highest BCUT2D eigenvalue weighted by atomic mass is 16.3. The van der Waals surface area contributed by atoms with Gasteiger partial charge in [0.2, 0.25) is 0 Å². The van der Waals surface area contributed by atoms with Crippen molar-refractivity contribution in [3.05, 3.63) is 0 Å². The molecule has 0 aromatic carbocycles. The molecule has 2 fully saturated rings. The van der Waals surface area contributed by atoms with Gasteiger partial charge in [0, 0.05) is 18.6 Å². The van der Waals surface area contributed by atoms with Gasteiger partial charge in [0.15, 0.2) is 0 Å². The molecular weight excluding hydrogens is 164 g/mol. The molecule has 3 nitrogen and oxygen atoms in total. The molecule has 76 valence electrons. The molecule has 2 rings (SSSR count). The molecule has 3 heteroatoms. The third-order valence-corrected chi connectivity index (χ3v) is 3.32. The summed E-state index contributed by atoms with van der Waals surface area (Å²) in [6, 6.07) is 0.985. The Bertz CT molecular complexity index is 174. The summed E-state index contributed by atoms with van der Waals surface area (Å²) in [6.07, 6.45) is 4.47. The van der Waals surface area contributed by atoms with E-state index in [1.807, 2.05) is 0 Å². The van der Waals surface area contributed by atoms with Crippen LogP contribution < -0.4 is 5.32 Å². The van der Waals surface area contributed by atoms with Crippen LogP contribution in [0.5, 0.6) is 0 Å². The third-order valence-electron chi connectivity index (χ3n) is 3.32. The zero-order chi connectivity index (χ0) is 9.26. The van der Waals surface area contributed by atoms with Crippen LogP contribution in [0.15, 0.2) is 0 Å². The Hall–Kier alpha value is -0.120. The fourth-order valence-corrected chi connectivity index (χ4v) is 2.51. The molecule has 1 heterocycles. The fraction of sp³-hybridized carbons (Fsp3) is 1.00. The first kappa shape index (κ1) is 9.44. The van der Waals surface area contributed by atoms with Crippen LogP contribution in [0.25, 0.3) is 0 Å². The summed E-state index contributed by atoms with van der Waals surface area (Å²) in [4.78, 5) is 2.35. The van der Waals surface area contributed by atoms with Gasteiger partial charge in [-0.15, -0.1) is 0 Å². The zero-order valence-corrected chi connectivity index (χ0v) is 8.37. The van der Waals surface area contributed by atoms with Crippen LogP contribution in [0.3, 0.4) is 0 Å². The second-order valence-corrected chi connectivity index (χ2v) is 4.52. The molecule has 0 amide bonds. The van der Waals surface area contributed by atoms with Crippen molar-refractivity contribution in [2.24, 2.45) is 0 Å². The third kappa shape index (κ3) is 2.22. The van der Waals surface area contributed by atoms with Crippen LogP contribution in [0.2, 0.25) is 0 Å². The van der Waals surface area contributed by atoms with Crippen molar-refractivity contribution in [1.29, 1.82) is 0 Å². The number of likely N-dealkylation sites (N-methyl/N-ethyl adjacent to an activating group) is 1. The molecule has 3 unspecified atom stereocenters. The Morgan fingerprint density at radius 3 is 2.69 bits per heavy atom. The Morgan fingerprint density at radius 2 is 2.15 bits per heavy atom. The summed E-state index contributed by atoms with van der Waals surface area (Å²) >= 11 is 0. The highest BCUT2D eigenvalue weighted by Gasteiger charge is 2.29. The summed E-state index contributed by atoms with van der Waals surface area (Å²) in [5, 5.41) is 13.2. The highest BCUT2D eigenvalue weighted by Crippen LogP contribution is 2.20. The van der Waals surface area contributed by atoms with Gasteiger partial charge < -0.3 is 15.3 Å². The maximum Gasteiger partial charge on any atom is 0.0693 e. The lowest BCUT2D eigenvalue weighted by Crippen LogP contribution is -2.43. The van der Waals surface area contributed by atoms with Crippen molar-refractivity contribution in [3.8, 4) is 0 Å². The Labute approximate surface area is 80.1 Å². The average Bonchev–Trinajstić information content (AvgIpc) is 2.64. The Kier molecular flexibility index (Phi) is 2.86. The van der Waals surface area contributed by atoms with Gasteiger partial charge in [-0.25, -0.2) is 0 Å². The van der Waals surface area contributed by atoms with E-state index in [1.165, 1.54) is 19.4 Å². The molecule has 1 saturated heterocycles. The predicted octanol–water partition coefficient (Wildman–Crippen LogP) is 0.193. The molecule has 0 aromatic heterocycles. The topological polar surface area (TPSA) is 35.5 Å². The molecule has 2 N–H and O–H groups in total. The molecular formula is C10H20N2O. The van der Waals surface area contributed by atoms with Crippen molar-refractivity contribution < 1.29 is 5.11 Å². The quantitative estimate of drug-likeness (QED) is 0.643.